The van der Waals surface area contributed by atoms with Gasteiger partial charge in [-0.05, 0) is 61.8 Å². The number of aromatic amines is 1. The predicted molar refractivity (Wildman–Crippen MR) is 128 cm³/mol. The number of nitrogens with one attached hydrogen (secondary N) is 1. The number of carbonyl (C=O) groups is 2. The number of carbonyl (C=O) groups excluding carboxylic acids is 2. The molecular weight excluding hydrogens is 440 g/mol. The number of benzene rings is 1. The van der Waals surface area contributed by atoms with E-state index in [0.29, 0.717) is 54.6 Å². The van der Waals surface area contributed by atoms with E-state index < -0.39 is 0 Å². The third-order valence-electron chi connectivity index (χ3n) is 7.10. The molecule has 0 aliphatic carbocycles. The number of hydrogen-bond donors (Lipinski definition) is 2. The number of aromatic nitrogens is 1. The number of amides is 2. The maximum Gasteiger partial charge on any atom is 0.255 e. The predicted octanol–water partition coefficient (Wildman–Crippen LogP) is 2.44. The van der Waals surface area contributed by atoms with Crippen LogP contribution < -0.4 is 11.3 Å². The Balaban J connectivity index is 1.44. The molecule has 3 atom stereocenters. The van der Waals surface area contributed by atoms with Crippen LogP contribution in [0.3, 0.4) is 0 Å². The fourth-order valence-electron chi connectivity index (χ4n) is 5.43. The van der Waals surface area contributed by atoms with E-state index in [-0.39, 0.29) is 23.4 Å². The molecule has 1 aromatic carbocycles. The van der Waals surface area contributed by atoms with Crippen LogP contribution >= 0.6 is 11.6 Å². The summed E-state index contributed by atoms with van der Waals surface area (Å²) >= 11 is 6.31. The van der Waals surface area contributed by atoms with Crippen molar-refractivity contribution in [1.29, 1.82) is 0 Å². The van der Waals surface area contributed by atoms with Crippen molar-refractivity contribution in [2.75, 3.05) is 26.2 Å². The zero-order valence-corrected chi connectivity index (χ0v) is 20.1. The van der Waals surface area contributed by atoms with Gasteiger partial charge in [0.05, 0.1) is 5.56 Å². The van der Waals surface area contributed by atoms with Gasteiger partial charge in [-0.3, -0.25) is 19.3 Å². The maximum absolute atomic E-state index is 13.2. The van der Waals surface area contributed by atoms with Crippen LogP contribution in [-0.4, -0.2) is 58.8 Å². The summed E-state index contributed by atoms with van der Waals surface area (Å²) in [6, 6.07) is 7.52. The second-order valence-corrected chi connectivity index (χ2v) is 10.0. The Morgan fingerprint density at radius 3 is 2.33 bits per heavy atom. The lowest BCUT2D eigenvalue weighted by atomic mass is 10.0. The standard InChI is InChI=1S/C25H31ClN4O3/c1-14-4-5-17(8-21(14)26)7-20(9-22(27)31)29-10-18-12-30(13-19(18)11-29)25(33)24-15(2)6-23(32)28-16(24)3/h4-6,8,18-20H,7,9-13H2,1-3H3,(H2,27,31)(H,28,32). The number of likely N-dealkylation sites (tertiary alicyclic amines) is 2. The van der Waals surface area contributed by atoms with Gasteiger partial charge < -0.3 is 15.6 Å². The highest BCUT2D eigenvalue weighted by Crippen LogP contribution is 2.34. The largest absolute Gasteiger partial charge is 0.370 e. The number of fused-ring (bicyclic) bond motifs is 1. The average Bonchev–Trinajstić information content (AvgIpc) is 3.28. The summed E-state index contributed by atoms with van der Waals surface area (Å²) in [6.45, 7) is 8.56. The zero-order valence-electron chi connectivity index (χ0n) is 19.4. The first-order valence-corrected chi connectivity index (χ1v) is 11.8. The summed E-state index contributed by atoms with van der Waals surface area (Å²) in [4.78, 5) is 43.7. The lowest BCUT2D eigenvalue weighted by molar-refractivity contribution is -0.119. The molecule has 3 N–H and O–H groups in total. The first-order valence-electron chi connectivity index (χ1n) is 11.4. The SMILES string of the molecule is Cc1ccc(CC(CC(N)=O)N2CC3CN(C(=O)c4c(C)cc(=O)[nH]c4C)CC3C2)cc1Cl. The van der Waals surface area contributed by atoms with E-state index in [9.17, 15) is 14.4 Å². The van der Waals surface area contributed by atoms with Crippen LogP contribution in [0.5, 0.6) is 0 Å². The molecule has 0 bridgehead atoms. The van der Waals surface area contributed by atoms with Crippen molar-refractivity contribution in [3.63, 3.8) is 0 Å². The van der Waals surface area contributed by atoms with Gasteiger partial charge in [0, 0.05) is 55.4 Å². The minimum Gasteiger partial charge on any atom is -0.370 e. The van der Waals surface area contributed by atoms with Gasteiger partial charge in [-0.1, -0.05) is 23.7 Å². The van der Waals surface area contributed by atoms with Gasteiger partial charge in [0.1, 0.15) is 0 Å². The molecule has 0 saturated carbocycles. The van der Waals surface area contributed by atoms with E-state index in [1.165, 1.54) is 6.07 Å². The molecule has 3 unspecified atom stereocenters. The summed E-state index contributed by atoms with van der Waals surface area (Å²) in [5, 5.41) is 0.727. The summed E-state index contributed by atoms with van der Waals surface area (Å²) in [6.07, 6.45) is 1.00. The van der Waals surface area contributed by atoms with Crippen LogP contribution in [0.2, 0.25) is 5.02 Å². The second-order valence-electron chi connectivity index (χ2n) is 9.61. The Hall–Kier alpha value is -2.64. The molecule has 1 aromatic heterocycles. The Labute approximate surface area is 198 Å². The van der Waals surface area contributed by atoms with E-state index in [2.05, 4.69) is 16.0 Å². The monoisotopic (exact) mass is 470 g/mol. The van der Waals surface area contributed by atoms with Crippen molar-refractivity contribution in [2.24, 2.45) is 17.6 Å². The smallest absolute Gasteiger partial charge is 0.255 e. The fraction of sp³-hybridized carbons (Fsp3) is 0.480. The Morgan fingerprint density at radius 2 is 1.76 bits per heavy atom. The fourth-order valence-corrected chi connectivity index (χ4v) is 5.63. The van der Waals surface area contributed by atoms with E-state index >= 15 is 0 Å². The number of nitrogens with two attached hydrogens (primary N) is 1. The minimum atomic E-state index is -0.309. The van der Waals surface area contributed by atoms with Gasteiger partial charge in [-0.25, -0.2) is 0 Å². The van der Waals surface area contributed by atoms with E-state index in [4.69, 9.17) is 17.3 Å². The number of halogens is 1. The van der Waals surface area contributed by atoms with Crippen LogP contribution in [0.1, 0.15) is 39.2 Å². The molecular formula is C25H31ClN4O3. The van der Waals surface area contributed by atoms with Gasteiger partial charge in [0.15, 0.2) is 0 Å². The van der Waals surface area contributed by atoms with Gasteiger partial charge in [-0.2, -0.15) is 0 Å². The van der Waals surface area contributed by atoms with Gasteiger partial charge >= 0.3 is 0 Å². The Kier molecular flexibility index (Phi) is 6.64. The van der Waals surface area contributed by atoms with Gasteiger partial charge in [0.2, 0.25) is 11.5 Å². The van der Waals surface area contributed by atoms with Crippen LogP contribution in [0.15, 0.2) is 29.1 Å². The third kappa shape index (κ3) is 4.99. The molecule has 33 heavy (non-hydrogen) atoms. The first-order chi connectivity index (χ1) is 15.6. The highest BCUT2D eigenvalue weighted by atomic mass is 35.5. The van der Waals surface area contributed by atoms with E-state index in [0.717, 1.165) is 29.2 Å². The maximum atomic E-state index is 13.2. The molecule has 2 aromatic rings. The molecule has 2 saturated heterocycles. The van der Waals surface area contributed by atoms with Crippen molar-refractivity contribution in [3.05, 3.63) is 67.6 Å². The molecule has 2 aliphatic rings. The summed E-state index contributed by atoms with van der Waals surface area (Å²) in [5.74, 6) is 0.380. The first kappa shape index (κ1) is 23.5. The van der Waals surface area contributed by atoms with E-state index in [1.807, 2.05) is 24.0 Å². The third-order valence-corrected chi connectivity index (χ3v) is 7.51. The molecule has 0 spiro atoms. The zero-order chi connectivity index (χ0) is 23.9. The number of nitrogens with zero attached hydrogens (tertiary/aromatic N) is 2. The molecule has 7 nitrogen and oxygen atoms in total. The summed E-state index contributed by atoms with van der Waals surface area (Å²) in [5.41, 5.74) is 9.42. The molecule has 0 radical (unpaired) electrons. The van der Waals surface area contributed by atoms with Crippen molar-refractivity contribution >= 4 is 23.4 Å². The highest BCUT2D eigenvalue weighted by Gasteiger charge is 2.44. The van der Waals surface area contributed by atoms with Crippen LogP contribution in [-0.2, 0) is 11.2 Å². The van der Waals surface area contributed by atoms with Gasteiger partial charge in [0.25, 0.3) is 5.91 Å². The normalized spacial score (nSPS) is 21.3. The summed E-state index contributed by atoms with van der Waals surface area (Å²) < 4.78 is 0. The van der Waals surface area contributed by atoms with Crippen LogP contribution in [0.25, 0.3) is 0 Å². The molecule has 3 heterocycles. The molecule has 2 amide bonds. The average molecular weight is 471 g/mol. The molecule has 2 aliphatic heterocycles. The highest BCUT2D eigenvalue weighted by molar-refractivity contribution is 6.31. The molecule has 2 fully saturated rings. The van der Waals surface area contributed by atoms with Crippen molar-refractivity contribution in [1.82, 2.24) is 14.8 Å². The number of rotatable bonds is 6. The van der Waals surface area contributed by atoms with Crippen LogP contribution in [0.4, 0.5) is 0 Å². The number of pyridine rings is 1. The quantitative estimate of drug-likeness (QED) is 0.677. The van der Waals surface area contributed by atoms with Gasteiger partial charge in [-0.15, -0.1) is 0 Å². The van der Waals surface area contributed by atoms with Crippen molar-refractivity contribution in [2.45, 2.75) is 39.7 Å². The molecule has 8 heteroatoms. The lowest BCUT2D eigenvalue weighted by Gasteiger charge is -2.29. The number of hydrogen-bond acceptors (Lipinski definition) is 4. The molecule has 4 rings (SSSR count). The molecule has 176 valence electrons. The topological polar surface area (TPSA) is 99.5 Å². The van der Waals surface area contributed by atoms with Crippen LogP contribution in [0, 0.1) is 32.6 Å². The number of aryl methyl sites for hydroxylation is 3. The van der Waals surface area contributed by atoms with E-state index in [1.54, 1.807) is 13.8 Å². The second kappa shape index (κ2) is 9.31. The van der Waals surface area contributed by atoms with Crippen molar-refractivity contribution in [3.8, 4) is 0 Å². The summed E-state index contributed by atoms with van der Waals surface area (Å²) in [7, 11) is 0. The Bertz CT molecular complexity index is 1100. The lowest BCUT2D eigenvalue weighted by Crippen LogP contribution is -2.41. The minimum absolute atomic E-state index is 0.0136. The van der Waals surface area contributed by atoms with Crippen molar-refractivity contribution < 1.29 is 9.59 Å². The number of primary amides is 1. The Morgan fingerprint density at radius 1 is 1.09 bits per heavy atom. The number of H-pyrrole nitrogens is 1.